The number of rotatable bonds is 3. The van der Waals surface area contributed by atoms with E-state index >= 15 is 0 Å². The topological polar surface area (TPSA) is 12.0 Å². The minimum absolute atomic E-state index is 0.406. The predicted molar refractivity (Wildman–Crippen MR) is 73.3 cm³/mol. The molecule has 1 nitrogen and oxygen atoms in total. The maximum absolute atomic E-state index is 5.89. The van der Waals surface area contributed by atoms with E-state index in [2.05, 4.69) is 43.1 Å². The van der Waals surface area contributed by atoms with Gasteiger partial charge in [0.25, 0.3) is 0 Å². The highest BCUT2D eigenvalue weighted by atomic mass is 35.5. The standard InChI is InChI=1S/C13H18ClNS/c1-9(11-3-5-12(14)6-4-11)15-13-7-8-16-10(13)2/h3-6,9-10,13,15H,7-8H2,1-2H3/t9-,10?,13?/m1/s1. The molecular formula is C13H18ClNS. The minimum atomic E-state index is 0.406. The molecule has 0 bridgehead atoms. The fourth-order valence-electron chi connectivity index (χ4n) is 2.12. The highest BCUT2D eigenvalue weighted by molar-refractivity contribution is 8.00. The average Bonchev–Trinajstić information content (AvgIpc) is 2.65. The molecule has 3 atom stereocenters. The zero-order chi connectivity index (χ0) is 11.5. The fraction of sp³-hybridized carbons (Fsp3) is 0.538. The second kappa shape index (κ2) is 5.44. The summed E-state index contributed by atoms with van der Waals surface area (Å²) >= 11 is 7.95. The van der Waals surface area contributed by atoms with Crippen molar-refractivity contribution in [3.05, 3.63) is 34.9 Å². The Hall–Kier alpha value is -0.180. The molecule has 16 heavy (non-hydrogen) atoms. The van der Waals surface area contributed by atoms with Gasteiger partial charge in [-0.1, -0.05) is 30.7 Å². The van der Waals surface area contributed by atoms with Crippen LogP contribution in [-0.2, 0) is 0 Å². The summed E-state index contributed by atoms with van der Waals surface area (Å²) < 4.78 is 0. The molecule has 1 aromatic rings. The van der Waals surface area contributed by atoms with Crippen molar-refractivity contribution in [2.45, 2.75) is 37.6 Å². The third-order valence-corrected chi connectivity index (χ3v) is 4.79. The third kappa shape index (κ3) is 2.93. The van der Waals surface area contributed by atoms with Crippen molar-refractivity contribution in [1.82, 2.24) is 5.32 Å². The largest absolute Gasteiger partial charge is 0.306 e. The van der Waals surface area contributed by atoms with Gasteiger partial charge in [-0.3, -0.25) is 0 Å². The van der Waals surface area contributed by atoms with Crippen LogP contribution in [0.25, 0.3) is 0 Å². The van der Waals surface area contributed by atoms with Crippen molar-refractivity contribution < 1.29 is 0 Å². The lowest BCUT2D eigenvalue weighted by atomic mass is 10.1. The molecule has 1 saturated heterocycles. The van der Waals surface area contributed by atoms with Crippen LogP contribution in [0.4, 0.5) is 0 Å². The Morgan fingerprint density at radius 2 is 2.06 bits per heavy atom. The Kier molecular flexibility index (Phi) is 4.17. The van der Waals surface area contributed by atoms with Crippen LogP contribution < -0.4 is 5.32 Å². The number of halogens is 1. The van der Waals surface area contributed by atoms with Gasteiger partial charge in [0.15, 0.2) is 0 Å². The summed E-state index contributed by atoms with van der Waals surface area (Å²) in [7, 11) is 0. The van der Waals surface area contributed by atoms with Gasteiger partial charge >= 0.3 is 0 Å². The smallest absolute Gasteiger partial charge is 0.0406 e. The van der Waals surface area contributed by atoms with Gasteiger partial charge < -0.3 is 5.32 Å². The third-order valence-electron chi connectivity index (χ3n) is 3.21. The lowest BCUT2D eigenvalue weighted by Gasteiger charge is -2.22. The molecule has 0 amide bonds. The van der Waals surface area contributed by atoms with Crippen LogP contribution in [0.5, 0.6) is 0 Å². The first-order chi connectivity index (χ1) is 7.66. The minimum Gasteiger partial charge on any atom is -0.306 e. The summed E-state index contributed by atoms with van der Waals surface area (Å²) in [6, 6.07) is 9.18. The second-order valence-electron chi connectivity index (χ2n) is 4.41. The van der Waals surface area contributed by atoms with Crippen molar-refractivity contribution in [3.8, 4) is 0 Å². The van der Waals surface area contributed by atoms with Crippen molar-refractivity contribution in [2.75, 3.05) is 5.75 Å². The normalized spacial score (nSPS) is 26.9. The lowest BCUT2D eigenvalue weighted by Crippen LogP contribution is -2.35. The molecule has 3 heteroatoms. The van der Waals surface area contributed by atoms with Crippen LogP contribution in [0, 0.1) is 0 Å². The van der Waals surface area contributed by atoms with E-state index in [-0.39, 0.29) is 0 Å². The van der Waals surface area contributed by atoms with Crippen LogP contribution in [0.15, 0.2) is 24.3 Å². The van der Waals surface area contributed by atoms with Gasteiger partial charge in [0.2, 0.25) is 0 Å². The molecule has 0 aliphatic carbocycles. The quantitative estimate of drug-likeness (QED) is 0.880. The van der Waals surface area contributed by atoms with E-state index in [1.807, 2.05) is 12.1 Å². The first-order valence-corrected chi connectivity index (χ1v) is 7.22. The van der Waals surface area contributed by atoms with Crippen molar-refractivity contribution in [3.63, 3.8) is 0 Å². The monoisotopic (exact) mass is 255 g/mol. The summed E-state index contributed by atoms with van der Waals surface area (Å²) in [6.45, 7) is 4.53. The SMILES string of the molecule is CC1SCCC1N[C@H](C)c1ccc(Cl)cc1. The van der Waals surface area contributed by atoms with Crippen LogP contribution in [0.1, 0.15) is 31.9 Å². The first-order valence-electron chi connectivity index (χ1n) is 5.80. The summed E-state index contributed by atoms with van der Waals surface area (Å²) in [5, 5.41) is 5.24. The van der Waals surface area contributed by atoms with Crippen LogP contribution in [0.2, 0.25) is 5.02 Å². The summed E-state index contributed by atoms with van der Waals surface area (Å²) in [6.07, 6.45) is 1.28. The Morgan fingerprint density at radius 3 is 2.62 bits per heavy atom. The predicted octanol–water partition coefficient (Wildman–Crippen LogP) is 3.88. The van der Waals surface area contributed by atoms with E-state index in [1.165, 1.54) is 17.7 Å². The first kappa shape index (κ1) is 12.3. The number of benzene rings is 1. The molecule has 2 rings (SSSR count). The molecule has 1 aliphatic rings. The Labute approximate surface area is 107 Å². The molecule has 1 aliphatic heterocycles. The average molecular weight is 256 g/mol. The van der Waals surface area contributed by atoms with E-state index in [9.17, 15) is 0 Å². The molecule has 0 spiro atoms. The molecule has 2 unspecified atom stereocenters. The van der Waals surface area contributed by atoms with E-state index in [0.29, 0.717) is 12.1 Å². The summed E-state index contributed by atoms with van der Waals surface area (Å²) in [4.78, 5) is 0. The summed E-state index contributed by atoms with van der Waals surface area (Å²) in [5.41, 5.74) is 1.31. The van der Waals surface area contributed by atoms with E-state index < -0.39 is 0 Å². The van der Waals surface area contributed by atoms with Crippen molar-refractivity contribution >= 4 is 23.4 Å². The Balaban J connectivity index is 1.97. The molecule has 0 saturated carbocycles. The van der Waals surface area contributed by atoms with Gasteiger partial charge in [0, 0.05) is 22.4 Å². The number of thioether (sulfide) groups is 1. The van der Waals surface area contributed by atoms with Gasteiger partial charge in [-0.2, -0.15) is 11.8 Å². The van der Waals surface area contributed by atoms with Gasteiger partial charge in [-0.25, -0.2) is 0 Å². The molecule has 1 N–H and O–H groups in total. The highest BCUT2D eigenvalue weighted by Gasteiger charge is 2.25. The second-order valence-corrected chi connectivity index (χ2v) is 6.33. The molecule has 88 valence electrons. The van der Waals surface area contributed by atoms with E-state index in [0.717, 1.165) is 10.3 Å². The van der Waals surface area contributed by atoms with E-state index in [4.69, 9.17) is 11.6 Å². The molecule has 0 radical (unpaired) electrons. The molecule has 1 fully saturated rings. The van der Waals surface area contributed by atoms with Crippen LogP contribution >= 0.6 is 23.4 Å². The molecule has 1 aromatic carbocycles. The van der Waals surface area contributed by atoms with Crippen molar-refractivity contribution in [2.24, 2.45) is 0 Å². The molecule has 0 aromatic heterocycles. The maximum Gasteiger partial charge on any atom is 0.0406 e. The van der Waals surface area contributed by atoms with E-state index in [1.54, 1.807) is 0 Å². The summed E-state index contributed by atoms with van der Waals surface area (Å²) in [5.74, 6) is 1.28. The molecular weight excluding hydrogens is 238 g/mol. The number of hydrogen-bond donors (Lipinski definition) is 1. The Morgan fingerprint density at radius 1 is 1.38 bits per heavy atom. The molecule has 1 heterocycles. The number of hydrogen-bond acceptors (Lipinski definition) is 2. The van der Waals surface area contributed by atoms with Crippen molar-refractivity contribution in [1.29, 1.82) is 0 Å². The van der Waals surface area contributed by atoms with Crippen LogP contribution in [-0.4, -0.2) is 17.0 Å². The lowest BCUT2D eigenvalue weighted by molar-refractivity contribution is 0.454. The van der Waals surface area contributed by atoms with Gasteiger partial charge in [0.1, 0.15) is 0 Å². The van der Waals surface area contributed by atoms with Gasteiger partial charge in [0.05, 0.1) is 0 Å². The Bertz CT molecular complexity index is 338. The zero-order valence-corrected chi connectivity index (χ0v) is 11.3. The highest BCUT2D eigenvalue weighted by Crippen LogP contribution is 2.28. The van der Waals surface area contributed by atoms with Gasteiger partial charge in [-0.05, 0) is 36.8 Å². The van der Waals surface area contributed by atoms with Crippen LogP contribution in [0.3, 0.4) is 0 Å². The fourth-order valence-corrected chi connectivity index (χ4v) is 3.45. The zero-order valence-electron chi connectivity index (χ0n) is 9.74. The maximum atomic E-state index is 5.89. The number of nitrogens with one attached hydrogen (secondary N) is 1. The van der Waals surface area contributed by atoms with Gasteiger partial charge in [-0.15, -0.1) is 0 Å².